The molecule has 48 nitrogen and oxygen atoms in total. The van der Waals surface area contributed by atoms with Crippen LogP contribution in [0, 0.1) is 0 Å². The highest BCUT2D eigenvalue weighted by atomic mass is 16.5. The molecule has 0 saturated heterocycles. The van der Waals surface area contributed by atoms with Crippen molar-refractivity contribution in [1.82, 2.24) is 117 Å². The van der Waals surface area contributed by atoms with Gasteiger partial charge in [0.2, 0.25) is 65.0 Å². The molecule has 0 heterocycles. The van der Waals surface area contributed by atoms with Crippen LogP contribution in [-0.4, -0.2) is 528 Å². The fourth-order valence-electron chi connectivity index (χ4n) is 14.4. The Morgan fingerprint density at radius 1 is 0.229 bits per heavy atom. The van der Waals surface area contributed by atoms with Gasteiger partial charge in [-0.05, 0) is 83.5 Å². The Labute approximate surface area is 858 Å². The van der Waals surface area contributed by atoms with Crippen LogP contribution in [0.5, 0.6) is 0 Å². The number of carboxylic acids is 1. The molecule has 0 radical (unpaired) electrons. The summed E-state index contributed by atoms with van der Waals surface area (Å²) < 4.78 is 37.1. The molecule has 1 atom stereocenters. The minimum absolute atomic E-state index is 0.00802. The Bertz CT molecular complexity index is 3500. The maximum absolute atomic E-state index is 14.4. The van der Waals surface area contributed by atoms with E-state index >= 15 is 0 Å². The summed E-state index contributed by atoms with van der Waals surface area (Å²) in [6, 6.07) is -1.06. The van der Waals surface area contributed by atoms with Crippen LogP contribution in [0.2, 0.25) is 0 Å². The molecule has 11 amide bonds. The van der Waals surface area contributed by atoms with Gasteiger partial charge in [-0.2, -0.15) is 0 Å². The van der Waals surface area contributed by atoms with E-state index in [9.17, 15) is 62.6 Å². The van der Waals surface area contributed by atoms with Crippen molar-refractivity contribution < 1.29 is 91.1 Å². The Balaban J connectivity index is 6.99. The van der Waals surface area contributed by atoms with Crippen LogP contribution in [0.4, 0.5) is 0 Å². The highest BCUT2D eigenvalue weighted by Gasteiger charge is 2.36. The van der Waals surface area contributed by atoms with Crippen LogP contribution in [0.3, 0.4) is 0 Å². The molecule has 0 spiro atoms. The van der Waals surface area contributed by atoms with Crippen molar-refractivity contribution in [1.29, 1.82) is 0 Å². The van der Waals surface area contributed by atoms with E-state index in [1.54, 1.807) is 0 Å². The molecule has 0 saturated carbocycles. The lowest BCUT2D eigenvalue weighted by Gasteiger charge is -2.34. The number of carbonyl (C=O) groups excluding carboxylic acids is 11. The zero-order valence-electron chi connectivity index (χ0n) is 92.0. The second-order valence-electron chi connectivity index (χ2n) is 37.7. The van der Waals surface area contributed by atoms with Crippen molar-refractivity contribution in [2.24, 2.45) is 30.0 Å². The first-order valence-electron chi connectivity index (χ1n) is 50.4. The van der Waals surface area contributed by atoms with E-state index in [0.717, 1.165) is 35.8 Å². The normalized spacial score (nSPS) is 11.2. The zero-order chi connectivity index (χ0) is 108. The van der Waals surface area contributed by atoms with Crippen LogP contribution in [0.1, 0.15) is 161 Å². The van der Waals surface area contributed by atoms with E-state index in [0.29, 0.717) is 149 Å². The minimum atomic E-state index is -1.48. The number of hydrogen-bond acceptors (Lipinski definition) is 24. The summed E-state index contributed by atoms with van der Waals surface area (Å²) in [7, 11) is 45.5. The second kappa shape index (κ2) is 80.3. The van der Waals surface area contributed by atoms with Gasteiger partial charge in [0.15, 0.2) is 35.8 Å². The van der Waals surface area contributed by atoms with Crippen molar-refractivity contribution in [3.63, 3.8) is 0 Å². The van der Waals surface area contributed by atoms with Gasteiger partial charge in [-0.1, -0.05) is 6.42 Å². The molecule has 0 aromatic rings. The van der Waals surface area contributed by atoms with Crippen LogP contribution in [0.15, 0.2) is 30.0 Å². The highest BCUT2D eigenvalue weighted by molar-refractivity contribution is 5.88. The average molecular weight is 2050 g/mol. The minimum Gasteiger partial charge on any atom is -0.481 e. The number of aliphatic imine (C=N–C) groups is 6. The first-order chi connectivity index (χ1) is 68.3. The number of nitrogens with zero attached hydrogens (tertiary/aromatic N) is 18. The monoisotopic (exact) mass is 2050 g/mol. The van der Waals surface area contributed by atoms with Gasteiger partial charge in [-0.15, -0.1) is 0 Å². The van der Waals surface area contributed by atoms with E-state index in [2.05, 4.69) is 88.4 Å². The van der Waals surface area contributed by atoms with E-state index in [4.69, 9.17) is 28.4 Å². The van der Waals surface area contributed by atoms with Crippen LogP contribution >= 0.6 is 0 Å². The van der Waals surface area contributed by atoms with Crippen molar-refractivity contribution >= 4 is 107 Å². The molecule has 0 aromatic heterocycles. The second-order valence-corrected chi connectivity index (χ2v) is 37.7. The topological polar surface area (TPSA) is 526 Å². The summed E-state index contributed by atoms with van der Waals surface area (Å²) in [5.41, 5.74) is -2.92. The molecule has 0 rings (SSSR count). The van der Waals surface area contributed by atoms with Crippen molar-refractivity contribution in [3.8, 4) is 0 Å². The number of nitrogens with one attached hydrogen (secondary N) is 11. The number of rotatable bonds is 77. The van der Waals surface area contributed by atoms with E-state index in [1.807, 2.05) is 228 Å². The number of aliphatic carboxylic acids is 1. The quantitative estimate of drug-likeness (QED) is 0.0196. The summed E-state index contributed by atoms with van der Waals surface area (Å²) in [5, 5.41) is 41.3. The molecule has 0 aliphatic heterocycles. The van der Waals surface area contributed by atoms with Gasteiger partial charge in [0.05, 0.1) is 79.3 Å². The molecule has 1 unspecified atom stereocenters. The first kappa shape index (κ1) is 133. The number of ether oxygens (including phenoxy) is 6. The van der Waals surface area contributed by atoms with Crippen molar-refractivity contribution in [3.05, 3.63) is 0 Å². The maximum atomic E-state index is 14.4. The Hall–Kier alpha value is -11.0. The fourth-order valence-corrected chi connectivity index (χ4v) is 14.4. The Kier molecular flexibility index (Phi) is 74.2. The number of guanidine groups is 6. The van der Waals surface area contributed by atoms with E-state index in [-0.39, 0.29) is 224 Å². The number of amides is 11. The lowest BCUT2D eigenvalue weighted by molar-refractivity contribution is -0.137. The Morgan fingerprint density at radius 2 is 0.431 bits per heavy atom. The largest absolute Gasteiger partial charge is 0.481 e. The van der Waals surface area contributed by atoms with E-state index < -0.39 is 46.7 Å². The first-order valence-corrected chi connectivity index (χ1v) is 50.4. The lowest BCUT2D eigenvalue weighted by atomic mass is 10.0. The summed E-state index contributed by atoms with van der Waals surface area (Å²) in [6.45, 7) is 3.46. The molecule has 12 N–H and O–H groups in total. The van der Waals surface area contributed by atoms with Gasteiger partial charge in [0, 0.05) is 331 Å². The van der Waals surface area contributed by atoms with Crippen molar-refractivity contribution in [2.45, 2.75) is 178 Å². The summed E-state index contributed by atoms with van der Waals surface area (Å²) in [5.74, 6) is -0.400. The summed E-state index contributed by atoms with van der Waals surface area (Å²) in [6.07, 6.45) is 4.83. The third-order valence-corrected chi connectivity index (χ3v) is 21.1. The average Bonchev–Trinajstić information content (AvgIpc) is 0.853. The fraction of sp³-hybridized carbons (Fsp3) is 0.812. The van der Waals surface area contributed by atoms with Gasteiger partial charge in [0.25, 0.3) is 0 Å². The van der Waals surface area contributed by atoms with E-state index in [1.165, 1.54) is 0 Å². The molecule has 0 aromatic carbocycles. The summed E-state index contributed by atoms with van der Waals surface area (Å²) in [4.78, 5) is 211. The molecule has 830 valence electrons. The third-order valence-electron chi connectivity index (χ3n) is 21.1. The van der Waals surface area contributed by atoms with Crippen molar-refractivity contribution in [2.75, 3.05) is 340 Å². The third kappa shape index (κ3) is 68.3. The van der Waals surface area contributed by atoms with Gasteiger partial charge in [-0.25, -0.2) is 0 Å². The lowest BCUT2D eigenvalue weighted by Crippen LogP contribution is -2.58. The zero-order valence-corrected chi connectivity index (χ0v) is 92.0. The van der Waals surface area contributed by atoms with Gasteiger partial charge < -0.3 is 151 Å². The number of carbonyl (C=O) groups is 12. The smallest absolute Gasteiger partial charge is 0.303 e. The standard InChI is InChI=1S/C96H187N29O19/c1-114(2)89(115(3)4)105-58-32-52-98-78(127)44-64-139-70-95(71-140-65-45-79(128)99-53-33-59-106-90(116(5)6)117(7)8,72-141-66-46-80(129)100-54-34-60-107-91(118(9)10)119(11)12)112-85(134)41-30-39-77(126)97-50-29-27-38-76(88(138)104-51-28-25-26-43-87(136)137)111-84(133)40-31-42-86(135)113-96(73-142-67-47-81(130)101-55-35-61-108-92(120(13)14)121(15)16,74-143-68-48-82(131)102-56-36-62-109-93(122(17)18)123(19)20)75-144-69-49-83(132)103-57-37-63-110-94(124(21)22)125(23)24/h76H,25-75H2,1-24H3,(H,97,126)(H,98,127)(H,99,128)(H,100,129)(H,101,130)(H,102,131)(H,103,132)(H,104,138)(H,111,133)(H,112,134)(H,113,135)(H,136,137). The van der Waals surface area contributed by atoms with Crippen LogP contribution < -0.4 is 58.5 Å². The van der Waals surface area contributed by atoms with Gasteiger partial charge in [0.1, 0.15) is 17.1 Å². The molecule has 0 aliphatic rings. The number of hydrogen-bond donors (Lipinski definition) is 12. The van der Waals surface area contributed by atoms with Crippen LogP contribution in [0.25, 0.3) is 0 Å². The number of unbranched alkanes of at least 4 members (excludes halogenated alkanes) is 3. The Morgan fingerprint density at radius 3 is 0.660 bits per heavy atom. The number of carboxylic acid groups (broad SMARTS) is 1. The predicted molar refractivity (Wildman–Crippen MR) is 564 cm³/mol. The molecule has 144 heavy (non-hydrogen) atoms. The van der Waals surface area contributed by atoms with Gasteiger partial charge in [-0.3, -0.25) is 87.5 Å². The molecule has 0 aliphatic carbocycles. The molecular formula is C96H187N29O19. The van der Waals surface area contributed by atoms with Crippen LogP contribution in [-0.2, 0) is 86.0 Å². The highest BCUT2D eigenvalue weighted by Crippen LogP contribution is 2.16. The van der Waals surface area contributed by atoms with Gasteiger partial charge >= 0.3 is 5.97 Å². The maximum Gasteiger partial charge on any atom is 0.303 e. The summed E-state index contributed by atoms with van der Waals surface area (Å²) >= 11 is 0. The molecule has 48 heteroatoms. The molecular weight excluding hydrogens is 1860 g/mol. The SMILES string of the molecule is CN(C)C(=NCCCNC(=O)CCOCC(COCCC(=O)NCCCN=C(N(C)C)N(C)C)(COCCC(=O)NCCCN=C(N(C)C)N(C)C)NC(=O)CCCC(=O)NCCCCC(NC(=O)CCCC(=O)NC(COCCC(=O)NCCCN=C(N(C)C)N(C)C)(COCCC(=O)NCCCN=C(N(C)C)N(C)C)COCCC(=O)NCCCN=C(N(C)C)N(C)C)C(=O)NCCCCCC(=O)O)N(C)C. The molecule has 0 fully saturated rings. The molecule has 0 bridgehead atoms. The predicted octanol–water partition coefficient (Wildman–Crippen LogP) is -1.08.